The molecule has 90 valence electrons. The van der Waals surface area contributed by atoms with Crippen molar-refractivity contribution in [3.8, 4) is 0 Å². The second kappa shape index (κ2) is 7.13. The Hall–Kier alpha value is -0.280. The third-order valence-electron chi connectivity index (χ3n) is 2.13. The molecule has 0 aliphatic carbocycles. The maximum Gasteiger partial charge on any atom is 0.129 e. The summed E-state index contributed by atoms with van der Waals surface area (Å²) in [6.07, 6.45) is 3.04. The molecular formula is C11H13Cl3FN. The first-order valence-corrected chi connectivity index (χ1v) is 5.33. The van der Waals surface area contributed by atoms with Crippen LogP contribution in [0.2, 0.25) is 10.0 Å². The molecule has 0 saturated carbocycles. The molecule has 0 aliphatic rings. The van der Waals surface area contributed by atoms with Crippen LogP contribution in [0, 0.1) is 5.82 Å². The predicted molar refractivity (Wildman–Crippen MR) is 70.0 cm³/mol. The topological polar surface area (TPSA) is 26.0 Å². The van der Waals surface area contributed by atoms with Crippen molar-refractivity contribution in [3.05, 3.63) is 46.2 Å². The van der Waals surface area contributed by atoms with Gasteiger partial charge in [0.1, 0.15) is 5.82 Å². The van der Waals surface area contributed by atoms with Gasteiger partial charge in [-0.05, 0) is 25.0 Å². The van der Waals surface area contributed by atoms with Crippen molar-refractivity contribution in [2.24, 2.45) is 5.73 Å². The third-order valence-corrected chi connectivity index (χ3v) is 2.95. The highest BCUT2D eigenvalue weighted by Crippen LogP contribution is 2.32. The first-order chi connectivity index (χ1) is 7.07. The molecular weight excluding hydrogens is 271 g/mol. The molecule has 1 aromatic carbocycles. The van der Waals surface area contributed by atoms with Crippen LogP contribution in [0.1, 0.15) is 24.4 Å². The van der Waals surface area contributed by atoms with Crippen molar-refractivity contribution in [1.82, 2.24) is 0 Å². The van der Waals surface area contributed by atoms with Crippen LogP contribution >= 0.6 is 35.6 Å². The molecule has 16 heavy (non-hydrogen) atoms. The first kappa shape index (κ1) is 15.7. The first-order valence-electron chi connectivity index (χ1n) is 4.57. The van der Waals surface area contributed by atoms with E-state index in [9.17, 15) is 4.39 Å². The maximum atomic E-state index is 13.5. The van der Waals surface area contributed by atoms with Gasteiger partial charge in [0.2, 0.25) is 0 Å². The van der Waals surface area contributed by atoms with E-state index in [4.69, 9.17) is 28.9 Å². The zero-order valence-corrected chi connectivity index (χ0v) is 10.9. The minimum Gasteiger partial charge on any atom is -0.324 e. The van der Waals surface area contributed by atoms with Gasteiger partial charge in [0, 0.05) is 11.6 Å². The van der Waals surface area contributed by atoms with E-state index in [0.29, 0.717) is 17.9 Å². The standard InChI is InChI=1S/C11H12Cl2FN.ClH/c1-2-3-4-9(15)10-8(14)6-5-7(12)11(10)13;/h2,5-6,9H,1,3-4,15H2;1H/t9-;/m1./s1. The van der Waals surface area contributed by atoms with Crippen LogP contribution in [0.5, 0.6) is 0 Å². The van der Waals surface area contributed by atoms with Crippen molar-refractivity contribution in [2.75, 3.05) is 0 Å². The molecule has 0 saturated heterocycles. The summed E-state index contributed by atoms with van der Waals surface area (Å²) in [5.74, 6) is -0.416. The number of hydrogen-bond acceptors (Lipinski definition) is 1. The van der Waals surface area contributed by atoms with Crippen molar-refractivity contribution < 1.29 is 4.39 Å². The van der Waals surface area contributed by atoms with E-state index < -0.39 is 11.9 Å². The van der Waals surface area contributed by atoms with Gasteiger partial charge in [0.05, 0.1) is 10.0 Å². The minimum absolute atomic E-state index is 0. The summed E-state index contributed by atoms with van der Waals surface area (Å²) in [6, 6.07) is 2.24. The molecule has 0 fully saturated rings. The van der Waals surface area contributed by atoms with E-state index >= 15 is 0 Å². The van der Waals surface area contributed by atoms with E-state index in [0.717, 1.165) is 0 Å². The molecule has 1 nitrogen and oxygen atoms in total. The van der Waals surface area contributed by atoms with Gasteiger partial charge >= 0.3 is 0 Å². The number of halogens is 4. The zero-order chi connectivity index (χ0) is 11.4. The summed E-state index contributed by atoms with van der Waals surface area (Å²) in [7, 11) is 0. The molecule has 0 aromatic heterocycles. The Morgan fingerprint density at radius 3 is 2.62 bits per heavy atom. The molecule has 0 bridgehead atoms. The number of allylic oxidation sites excluding steroid dienone is 1. The van der Waals surface area contributed by atoms with E-state index in [2.05, 4.69) is 6.58 Å². The summed E-state index contributed by atoms with van der Waals surface area (Å²) < 4.78 is 13.5. The zero-order valence-electron chi connectivity index (χ0n) is 8.55. The van der Waals surface area contributed by atoms with E-state index in [-0.39, 0.29) is 23.0 Å². The Kier molecular flexibility index (Phi) is 7.00. The van der Waals surface area contributed by atoms with E-state index in [1.165, 1.54) is 12.1 Å². The monoisotopic (exact) mass is 283 g/mol. The molecule has 0 aliphatic heterocycles. The van der Waals surface area contributed by atoms with Crippen molar-refractivity contribution in [2.45, 2.75) is 18.9 Å². The SMILES string of the molecule is C=CCC[C@@H](N)c1c(F)ccc(Cl)c1Cl.Cl. The Morgan fingerprint density at radius 1 is 1.44 bits per heavy atom. The average Bonchev–Trinajstić information content (AvgIpc) is 2.21. The summed E-state index contributed by atoms with van der Waals surface area (Å²) in [6.45, 7) is 3.58. The smallest absolute Gasteiger partial charge is 0.129 e. The number of nitrogens with two attached hydrogens (primary N) is 1. The molecule has 5 heteroatoms. The lowest BCUT2D eigenvalue weighted by Gasteiger charge is -2.14. The lowest BCUT2D eigenvalue weighted by Crippen LogP contribution is -2.12. The minimum atomic E-state index is -0.450. The Balaban J connectivity index is 0.00000225. The quantitative estimate of drug-likeness (QED) is 0.638. The molecule has 0 unspecified atom stereocenters. The predicted octanol–water partition coefficient (Wildman–Crippen LogP) is 4.52. The Bertz CT molecular complexity index is 368. The fourth-order valence-corrected chi connectivity index (χ4v) is 1.78. The van der Waals surface area contributed by atoms with Gasteiger partial charge in [0.25, 0.3) is 0 Å². The molecule has 0 amide bonds. The molecule has 1 aromatic rings. The van der Waals surface area contributed by atoms with Crippen LogP contribution in [0.15, 0.2) is 24.8 Å². The number of benzene rings is 1. The van der Waals surface area contributed by atoms with Gasteiger partial charge in [-0.15, -0.1) is 19.0 Å². The second-order valence-corrected chi connectivity index (χ2v) is 4.01. The average molecular weight is 285 g/mol. The normalized spacial score (nSPS) is 11.8. The highest BCUT2D eigenvalue weighted by molar-refractivity contribution is 6.42. The Morgan fingerprint density at radius 2 is 2.06 bits per heavy atom. The van der Waals surface area contributed by atoms with Crippen molar-refractivity contribution in [3.63, 3.8) is 0 Å². The van der Waals surface area contributed by atoms with E-state index in [1.54, 1.807) is 6.08 Å². The third kappa shape index (κ3) is 3.63. The highest BCUT2D eigenvalue weighted by atomic mass is 35.5. The van der Waals surface area contributed by atoms with Gasteiger partial charge in [0.15, 0.2) is 0 Å². The van der Waals surface area contributed by atoms with Gasteiger partial charge < -0.3 is 5.73 Å². The summed E-state index contributed by atoms with van der Waals surface area (Å²) in [5.41, 5.74) is 6.10. The second-order valence-electron chi connectivity index (χ2n) is 3.23. The van der Waals surface area contributed by atoms with Gasteiger partial charge in [-0.2, -0.15) is 0 Å². The molecule has 0 spiro atoms. The molecule has 1 atom stereocenters. The van der Waals surface area contributed by atoms with Crippen LogP contribution in [0.25, 0.3) is 0 Å². The Labute approximate surface area is 111 Å². The fourth-order valence-electron chi connectivity index (χ4n) is 1.32. The highest BCUT2D eigenvalue weighted by Gasteiger charge is 2.16. The van der Waals surface area contributed by atoms with Gasteiger partial charge in [-0.1, -0.05) is 29.3 Å². The lowest BCUT2D eigenvalue weighted by molar-refractivity contribution is 0.567. The van der Waals surface area contributed by atoms with Gasteiger partial charge in [-0.25, -0.2) is 4.39 Å². The summed E-state index contributed by atoms with van der Waals surface area (Å²) >= 11 is 11.7. The van der Waals surface area contributed by atoms with E-state index in [1.807, 2.05) is 0 Å². The molecule has 1 rings (SSSR count). The number of hydrogen-bond donors (Lipinski definition) is 1. The van der Waals surface area contributed by atoms with Crippen molar-refractivity contribution >= 4 is 35.6 Å². The molecule has 0 radical (unpaired) electrons. The molecule has 0 heterocycles. The van der Waals surface area contributed by atoms with Crippen LogP contribution in [-0.2, 0) is 0 Å². The lowest BCUT2D eigenvalue weighted by atomic mass is 10.0. The van der Waals surface area contributed by atoms with Crippen LogP contribution in [0.4, 0.5) is 4.39 Å². The van der Waals surface area contributed by atoms with Crippen LogP contribution in [-0.4, -0.2) is 0 Å². The number of rotatable bonds is 4. The van der Waals surface area contributed by atoms with Gasteiger partial charge in [-0.3, -0.25) is 0 Å². The van der Waals surface area contributed by atoms with Crippen LogP contribution in [0.3, 0.4) is 0 Å². The van der Waals surface area contributed by atoms with Crippen molar-refractivity contribution in [1.29, 1.82) is 0 Å². The summed E-state index contributed by atoms with van der Waals surface area (Å²) in [5, 5.41) is 0.523. The van der Waals surface area contributed by atoms with Crippen LogP contribution < -0.4 is 5.73 Å². The fraction of sp³-hybridized carbons (Fsp3) is 0.273. The molecule has 2 N–H and O–H groups in total. The maximum absolute atomic E-state index is 13.5. The summed E-state index contributed by atoms with van der Waals surface area (Å²) in [4.78, 5) is 0. The largest absolute Gasteiger partial charge is 0.324 e.